The zero-order valence-corrected chi connectivity index (χ0v) is 17.4. The highest BCUT2D eigenvalue weighted by Gasteiger charge is 2.32. The van der Waals surface area contributed by atoms with Gasteiger partial charge in [0.1, 0.15) is 10.1 Å². The van der Waals surface area contributed by atoms with Gasteiger partial charge in [-0.05, 0) is 29.8 Å². The van der Waals surface area contributed by atoms with Crippen molar-refractivity contribution in [3.8, 4) is 5.75 Å². The number of nitrogens with zero attached hydrogens (tertiary/aromatic N) is 1. The Labute approximate surface area is 172 Å². The highest BCUT2D eigenvalue weighted by atomic mass is 32.2. The van der Waals surface area contributed by atoms with E-state index < -0.39 is 15.9 Å². The van der Waals surface area contributed by atoms with E-state index in [9.17, 15) is 18.0 Å². The maximum absolute atomic E-state index is 12.6. The van der Waals surface area contributed by atoms with Gasteiger partial charge in [-0.25, -0.2) is 8.42 Å². The van der Waals surface area contributed by atoms with Gasteiger partial charge in [0.05, 0.1) is 23.8 Å². The lowest BCUT2D eigenvalue weighted by Gasteiger charge is -2.15. The summed E-state index contributed by atoms with van der Waals surface area (Å²) >= 11 is 6.45. The summed E-state index contributed by atoms with van der Waals surface area (Å²) in [5.74, 6) is 0.00669. The molecule has 7 nitrogen and oxygen atoms in total. The van der Waals surface area contributed by atoms with Gasteiger partial charge in [-0.15, -0.1) is 0 Å². The Hall–Kier alpha value is -2.17. The van der Waals surface area contributed by atoms with Gasteiger partial charge in [-0.2, -0.15) is 0 Å². The van der Waals surface area contributed by atoms with Crippen molar-refractivity contribution in [1.82, 2.24) is 10.2 Å². The molecule has 1 aromatic rings. The van der Waals surface area contributed by atoms with Crippen molar-refractivity contribution in [2.45, 2.75) is 12.5 Å². The minimum Gasteiger partial charge on any atom is -0.497 e. The Balaban J connectivity index is 1.57. The summed E-state index contributed by atoms with van der Waals surface area (Å²) in [5, 5.41) is 3.73. The van der Waals surface area contributed by atoms with Crippen molar-refractivity contribution in [1.29, 1.82) is 0 Å². The Bertz CT molecular complexity index is 967. The van der Waals surface area contributed by atoms with Gasteiger partial charge in [0.2, 0.25) is 5.91 Å². The van der Waals surface area contributed by atoms with E-state index in [1.807, 2.05) is 12.1 Å². The van der Waals surface area contributed by atoms with Crippen LogP contribution in [-0.2, 0) is 19.4 Å². The first-order valence-electron chi connectivity index (χ1n) is 8.37. The Kier molecular flexibility index (Phi) is 6.21. The number of benzene rings is 1. The molecule has 0 saturated carbocycles. The third-order valence-electron chi connectivity index (χ3n) is 4.13. The molecule has 1 fully saturated rings. The topological polar surface area (TPSA) is 92.8 Å². The molecule has 1 N–H and O–H groups in total. The summed E-state index contributed by atoms with van der Waals surface area (Å²) in [5.41, 5.74) is 0.841. The minimum absolute atomic E-state index is 0.0344. The van der Waals surface area contributed by atoms with E-state index in [1.54, 1.807) is 25.3 Å². The monoisotopic (exact) mass is 438 g/mol. The number of methoxy groups -OCH3 is 1. The number of hydrogen-bond donors (Lipinski definition) is 1. The van der Waals surface area contributed by atoms with Crippen LogP contribution in [0, 0.1) is 0 Å². The second-order valence-electron chi connectivity index (χ2n) is 6.19. The molecule has 148 valence electrons. The molecule has 1 unspecified atom stereocenters. The third-order valence-corrected chi connectivity index (χ3v) is 6.90. The fourth-order valence-corrected chi connectivity index (χ4v) is 5.25. The van der Waals surface area contributed by atoms with E-state index in [1.165, 1.54) is 22.7 Å². The van der Waals surface area contributed by atoms with Crippen molar-refractivity contribution in [2.75, 3.05) is 19.4 Å². The number of carbonyl (C=O) groups excluding carboxylic acids is 2. The molecule has 1 saturated heterocycles. The number of thiocarbonyl (C=S) groups is 1. The molecule has 10 heteroatoms. The zero-order valence-electron chi connectivity index (χ0n) is 15.0. The molecule has 0 spiro atoms. The Morgan fingerprint density at radius 2 is 2.11 bits per heavy atom. The smallest absolute Gasteiger partial charge is 0.266 e. The minimum atomic E-state index is -3.23. The van der Waals surface area contributed by atoms with E-state index in [2.05, 4.69) is 5.32 Å². The van der Waals surface area contributed by atoms with Gasteiger partial charge >= 0.3 is 0 Å². The summed E-state index contributed by atoms with van der Waals surface area (Å²) in [6.45, 7) is 0.139. The second-order valence-corrected chi connectivity index (χ2v) is 9.80. The molecule has 3 rings (SSSR count). The maximum Gasteiger partial charge on any atom is 0.266 e. The first-order chi connectivity index (χ1) is 13.3. The Morgan fingerprint density at radius 1 is 1.39 bits per heavy atom. The number of ether oxygens (including phenoxy) is 1. The molecule has 1 aromatic carbocycles. The van der Waals surface area contributed by atoms with Crippen LogP contribution in [0.5, 0.6) is 5.75 Å². The van der Waals surface area contributed by atoms with Crippen molar-refractivity contribution in [3.05, 3.63) is 46.2 Å². The lowest BCUT2D eigenvalue weighted by atomic mass is 10.2. The van der Waals surface area contributed by atoms with Crippen molar-refractivity contribution >= 4 is 56.0 Å². The average molecular weight is 439 g/mol. The standard InChI is InChI=1S/C18H18N2O5S3/c1-25-14-4-2-12(3-5-14)10-15-17(22)20(18(26)27-15)8-6-16(21)19-13-7-9-28(23,24)11-13/h2-5,7,9-10,13H,6,8,11H2,1H3,(H,19,21). The van der Waals surface area contributed by atoms with Crippen molar-refractivity contribution < 1.29 is 22.7 Å². The molecule has 2 aliphatic rings. The number of sulfone groups is 1. The number of carbonyl (C=O) groups is 2. The fraction of sp³-hybridized carbons (Fsp3) is 0.278. The maximum atomic E-state index is 12.6. The van der Waals surface area contributed by atoms with Crippen LogP contribution < -0.4 is 10.1 Å². The van der Waals surface area contributed by atoms with Gasteiger partial charge in [0, 0.05) is 18.4 Å². The molecular formula is C18H18N2O5S3. The molecular weight excluding hydrogens is 420 g/mol. The molecule has 1 atom stereocenters. The van der Waals surface area contributed by atoms with Crippen LogP contribution in [0.2, 0.25) is 0 Å². The molecule has 0 radical (unpaired) electrons. The molecule has 0 aromatic heterocycles. The van der Waals surface area contributed by atoms with Crippen LogP contribution in [0.1, 0.15) is 12.0 Å². The quantitative estimate of drug-likeness (QED) is 0.534. The van der Waals surface area contributed by atoms with Crippen LogP contribution in [-0.4, -0.2) is 54.9 Å². The molecule has 2 amide bonds. The van der Waals surface area contributed by atoms with Crippen LogP contribution in [0.15, 0.2) is 40.7 Å². The molecule has 0 bridgehead atoms. The predicted molar refractivity (Wildman–Crippen MR) is 112 cm³/mol. The highest BCUT2D eigenvalue weighted by Crippen LogP contribution is 2.32. The summed E-state index contributed by atoms with van der Waals surface area (Å²) in [7, 11) is -1.65. The van der Waals surface area contributed by atoms with E-state index in [0.29, 0.717) is 9.23 Å². The molecule has 28 heavy (non-hydrogen) atoms. The zero-order chi connectivity index (χ0) is 20.3. The lowest BCUT2D eigenvalue weighted by Crippen LogP contribution is -2.38. The summed E-state index contributed by atoms with van der Waals surface area (Å²) in [6, 6.07) is 6.74. The second kappa shape index (κ2) is 8.46. The summed E-state index contributed by atoms with van der Waals surface area (Å²) < 4.78 is 28.2. The van der Waals surface area contributed by atoms with Crippen molar-refractivity contribution in [2.24, 2.45) is 0 Å². The molecule has 0 aliphatic carbocycles. The van der Waals surface area contributed by atoms with Gasteiger partial charge in [-0.3, -0.25) is 14.5 Å². The van der Waals surface area contributed by atoms with Crippen LogP contribution >= 0.6 is 24.0 Å². The van der Waals surface area contributed by atoms with Crippen LogP contribution in [0.4, 0.5) is 0 Å². The Morgan fingerprint density at radius 3 is 2.71 bits per heavy atom. The predicted octanol–water partition coefficient (Wildman–Crippen LogP) is 1.71. The number of amides is 2. The third kappa shape index (κ3) is 5.00. The summed E-state index contributed by atoms with van der Waals surface area (Å²) in [4.78, 5) is 26.5. The van der Waals surface area contributed by atoms with E-state index in [-0.39, 0.29) is 30.5 Å². The summed E-state index contributed by atoms with van der Waals surface area (Å²) in [6.07, 6.45) is 3.23. The highest BCUT2D eigenvalue weighted by molar-refractivity contribution is 8.26. The largest absolute Gasteiger partial charge is 0.497 e. The van der Waals surface area contributed by atoms with E-state index >= 15 is 0 Å². The van der Waals surface area contributed by atoms with Gasteiger partial charge in [-0.1, -0.05) is 36.1 Å². The average Bonchev–Trinajstić information content (AvgIpc) is 3.12. The van der Waals surface area contributed by atoms with Crippen LogP contribution in [0.25, 0.3) is 6.08 Å². The van der Waals surface area contributed by atoms with E-state index in [0.717, 1.165) is 16.7 Å². The first kappa shape index (κ1) is 20.6. The number of hydrogen-bond acceptors (Lipinski definition) is 7. The van der Waals surface area contributed by atoms with Crippen LogP contribution in [0.3, 0.4) is 0 Å². The van der Waals surface area contributed by atoms with Gasteiger partial charge in [0.25, 0.3) is 5.91 Å². The molecule has 2 aliphatic heterocycles. The lowest BCUT2D eigenvalue weighted by molar-refractivity contribution is -0.124. The van der Waals surface area contributed by atoms with Gasteiger partial charge < -0.3 is 10.1 Å². The van der Waals surface area contributed by atoms with Gasteiger partial charge in [0.15, 0.2) is 9.84 Å². The molecule has 2 heterocycles. The normalized spacial score (nSPS) is 22.1. The van der Waals surface area contributed by atoms with Crippen molar-refractivity contribution in [3.63, 3.8) is 0 Å². The first-order valence-corrected chi connectivity index (χ1v) is 11.3. The number of rotatable bonds is 6. The fourth-order valence-electron chi connectivity index (χ4n) is 2.70. The van der Waals surface area contributed by atoms with E-state index in [4.69, 9.17) is 17.0 Å². The number of thioether (sulfide) groups is 1. The SMILES string of the molecule is COc1ccc(C=C2SC(=S)N(CCC(=O)NC3C=CS(=O)(=O)C3)C2=O)cc1. The number of nitrogens with one attached hydrogen (secondary N) is 1.